The highest BCUT2D eigenvalue weighted by Gasteiger charge is 2.35. The van der Waals surface area contributed by atoms with Crippen LogP contribution in [0.15, 0.2) is 96.2 Å². The van der Waals surface area contributed by atoms with Crippen LogP contribution in [0.1, 0.15) is 34.6 Å². The molecule has 2 heterocycles. The van der Waals surface area contributed by atoms with E-state index in [0.717, 1.165) is 13.3 Å². The molecular formula is C35H35F3N4O5S. The fourth-order valence-electron chi connectivity index (χ4n) is 6.09. The maximum absolute atomic E-state index is 15.4. The van der Waals surface area contributed by atoms with Crippen LogP contribution in [0.5, 0.6) is 0 Å². The molecule has 0 unspecified atom stereocenters. The van der Waals surface area contributed by atoms with Crippen molar-refractivity contribution in [3.05, 3.63) is 131 Å². The van der Waals surface area contributed by atoms with E-state index in [1.54, 1.807) is 30.3 Å². The van der Waals surface area contributed by atoms with Crippen molar-refractivity contribution in [3.8, 4) is 0 Å². The Hall–Kier alpha value is -4.59. The van der Waals surface area contributed by atoms with Gasteiger partial charge in [-0.2, -0.15) is 4.31 Å². The fraction of sp³-hybridized carbons (Fsp3) is 0.286. The van der Waals surface area contributed by atoms with Gasteiger partial charge in [-0.25, -0.2) is 26.4 Å². The molecule has 2 atom stereocenters. The number of amides is 1. The molecule has 0 aliphatic carbocycles. The predicted octanol–water partition coefficient (Wildman–Crippen LogP) is 4.76. The summed E-state index contributed by atoms with van der Waals surface area (Å²) in [6.45, 7) is 1.04. The second-order valence-corrected chi connectivity index (χ2v) is 13.3. The number of carbonyl (C=O) groups excluding carboxylic acids is 2. The molecule has 13 heteroatoms. The Morgan fingerprint density at radius 2 is 1.65 bits per heavy atom. The summed E-state index contributed by atoms with van der Waals surface area (Å²) in [6.07, 6.45) is 1.34. The Morgan fingerprint density at radius 1 is 0.979 bits per heavy atom. The van der Waals surface area contributed by atoms with Crippen molar-refractivity contribution in [2.24, 2.45) is 0 Å². The normalized spacial score (nSPS) is 16.0. The molecule has 9 nitrogen and oxygen atoms in total. The summed E-state index contributed by atoms with van der Waals surface area (Å²) >= 11 is 0. The number of rotatable bonds is 12. The van der Waals surface area contributed by atoms with E-state index >= 15 is 4.39 Å². The molecule has 1 fully saturated rings. The summed E-state index contributed by atoms with van der Waals surface area (Å²) in [5.74, 6) is -3.52. The van der Waals surface area contributed by atoms with E-state index in [1.165, 1.54) is 59.0 Å². The smallest absolute Gasteiger partial charge is 0.407 e. The molecule has 4 aromatic rings. The zero-order valence-corrected chi connectivity index (χ0v) is 26.9. The molecule has 1 amide bonds. The van der Waals surface area contributed by atoms with Crippen molar-refractivity contribution in [1.82, 2.24) is 19.9 Å². The number of hydrogen-bond donors (Lipinski definition) is 2. The van der Waals surface area contributed by atoms with Crippen LogP contribution in [0.25, 0.3) is 0 Å². The molecule has 0 radical (unpaired) electrons. The number of nitrogens with one attached hydrogen (secondary N) is 2. The van der Waals surface area contributed by atoms with Crippen molar-refractivity contribution in [1.29, 1.82) is 0 Å². The summed E-state index contributed by atoms with van der Waals surface area (Å²) in [4.78, 5) is 30.8. The summed E-state index contributed by atoms with van der Waals surface area (Å²) in [5, 5.41) is 5.73. The van der Waals surface area contributed by atoms with Crippen LogP contribution in [0.2, 0.25) is 0 Å². The lowest BCUT2D eigenvalue weighted by molar-refractivity contribution is -0.120. The molecule has 1 saturated heterocycles. The number of ketones is 1. The number of methoxy groups -OCH3 is 1. The quantitative estimate of drug-likeness (QED) is 0.222. The van der Waals surface area contributed by atoms with E-state index in [1.807, 2.05) is 0 Å². The van der Waals surface area contributed by atoms with Gasteiger partial charge in [-0.3, -0.25) is 9.78 Å². The van der Waals surface area contributed by atoms with Gasteiger partial charge in [0.2, 0.25) is 10.0 Å². The predicted molar refractivity (Wildman–Crippen MR) is 172 cm³/mol. The lowest BCUT2D eigenvalue weighted by Crippen LogP contribution is -2.53. The van der Waals surface area contributed by atoms with Gasteiger partial charge in [-0.05, 0) is 71.5 Å². The van der Waals surface area contributed by atoms with E-state index in [9.17, 15) is 26.8 Å². The molecule has 2 N–H and O–H groups in total. The number of Topliss-reactive ketones (excluding diaryl/α,β-unsaturated/α-hetero) is 1. The molecule has 3 aromatic carbocycles. The lowest BCUT2D eigenvalue weighted by atomic mass is 9.81. The van der Waals surface area contributed by atoms with Crippen molar-refractivity contribution in [3.63, 3.8) is 0 Å². The maximum Gasteiger partial charge on any atom is 0.407 e. The van der Waals surface area contributed by atoms with Crippen molar-refractivity contribution in [2.75, 3.05) is 26.7 Å². The number of benzene rings is 3. The minimum absolute atomic E-state index is 0.0798. The largest absolute Gasteiger partial charge is 0.453 e. The van der Waals surface area contributed by atoms with Gasteiger partial charge in [0.1, 0.15) is 23.5 Å². The van der Waals surface area contributed by atoms with Crippen LogP contribution < -0.4 is 10.6 Å². The number of alkyl carbamates (subject to hydrolysis) is 1. The average molecular weight is 681 g/mol. The number of pyridine rings is 1. The number of sulfonamides is 1. The molecule has 5 rings (SSSR count). The first-order chi connectivity index (χ1) is 23.1. The number of ether oxygens (including phenoxy) is 1. The van der Waals surface area contributed by atoms with Gasteiger partial charge in [0.05, 0.1) is 18.2 Å². The minimum Gasteiger partial charge on any atom is -0.453 e. The number of carbonyl (C=O) groups is 2. The van der Waals surface area contributed by atoms with Gasteiger partial charge in [0.25, 0.3) is 0 Å². The number of halogens is 3. The SMILES string of the molecule is COC(=O)N[C@H](C(=O)Cc1cncc(F)c1CC[C@H]1CNCCN1S(=O)(=O)c1ccccc1)C(c1cccc(F)c1)c1cccc(F)c1. The van der Waals surface area contributed by atoms with Gasteiger partial charge in [0.15, 0.2) is 5.78 Å². The molecule has 48 heavy (non-hydrogen) atoms. The van der Waals surface area contributed by atoms with E-state index in [4.69, 9.17) is 4.74 Å². The van der Waals surface area contributed by atoms with Gasteiger partial charge in [-0.1, -0.05) is 42.5 Å². The number of hydrogen-bond acceptors (Lipinski definition) is 7. The summed E-state index contributed by atoms with van der Waals surface area (Å²) < 4.78 is 77.5. The molecule has 252 valence electrons. The molecule has 1 aromatic heterocycles. The van der Waals surface area contributed by atoms with E-state index in [0.29, 0.717) is 13.1 Å². The Balaban J connectivity index is 1.44. The van der Waals surface area contributed by atoms with Crippen molar-refractivity contribution in [2.45, 2.75) is 42.2 Å². The summed E-state index contributed by atoms with van der Waals surface area (Å²) in [5.41, 5.74) is 0.982. The molecule has 1 aliphatic rings. The Kier molecular flexibility index (Phi) is 11.2. The van der Waals surface area contributed by atoms with E-state index in [-0.39, 0.29) is 46.5 Å². The highest BCUT2D eigenvalue weighted by Crippen LogP contribution is 2.31. The van der Waals surface area contributed by atoms with E-state index < -0.39 is 63.8 Å². The second kappa shape index (κ2) is 15.5. The highest BCUT2D eigenvalue weighted by atomic mass is 32.2. The number of piperazine rings is 1. The van der Waals surface area contributed by atoms with Gasteiger partial charge in [0, 0.05) is 44.2 Å². The van der Waals surface area contributed by atoms with Crippen molar-refractivity contribution >= 4 is 21.9 Å². The van der Waals surface area contributed by atoms with Gasteiger partial charge >= 0.3 is 6.09 Å². The maximum atomic E-state index is 15.4. The van der Waals surface area contributed by atoms with Crippen LogP contribution in [0.3, 0.4) is 0 Å². The molecule has 0 bridgehead atoms. The van der Waals surface area contributed by atoms with Crippen LogP contribution in [0.4, 0.5) is 18.0 Å². The topological polar surface area (TPSA) is 118 Å². The van der Waals surface area contributed by atoms with Crippen LogP contribution >= 0.6 is 0 Å². The third-order valence-electron chi connectivity index (χ3n) is 8.39. The first kappa shape index (κ1) is 34.7. The molecule has 1 aliphatic heterocycles. The Morgan fingerprint density at radius 3 is 2.27 bits per heavy atom. The minimum atomic E-state index is -3.82. The zero-order valence-electron chi connectivity index (χ0n) is 26.1. The fourth-order valence-corrected chi connectivity index (χ4v) is 7.76. The van der Waals surface area contributed by atoms with Crippen LogP contribution in [-0.4, -0.2) is 68.4 Å². The summed E-state index contributed by atoms with van der Waals surface area (Å²) in [6, 6.07) is 17.0. The van der Waals surface area contributed by atoms with E-state index in [2.05, 4.69) is 15.6 Å². The monoisotopic (exact) mass is 680 g/mol. The Bertz CT molecular complexity index is 1820. The van der Waals surface area contributed by atoms with Crippen LogP contribution in [-0.2, 0) is 32.4 Å². The third kappa shape index (κ3) is 8.09. The Labute approximate surface area is 277 Å². The molecule has 0 saturated carbocycles. The highest BCUT2D eigenvalue weighted by molar-refractivity contribution is 7.89. The number of aromatic nitrogens is 1. The third-order valence-corrected chi connectivity index (χ3v) is 10.4. The molecular weight excluding hydrogens is 645 g/mol. The first-order valence-electron chi connectivity index (χ1n) is 15.4. The number of nitrogens with zero attached hydrogens (tertiary/aromatic N) is 2. The molecule has 0 spiro atoms. The second-order valence-electron chi connectivity index (χ2n) is 11.4. The van der Waals surface area contributed by atoms with Gasteiger partial charge < -0.3 is 15.4 Å². The van der Waals surface area contributed by atoms with Crippen molar-refractivity contribution < 1.29 is 35.9 Å². The van der Waals surface area contributed by atoms with Gasteiger partial charge in [-0.15, -0.1) is 0 Å². The summed E-state index contributed by atoms with van der Waals surface area (Å²) in [7, 11) is -2.70. The average Bonchev–Trinajstić information content (AvgIpc) is 3.08. The first-order valence-corrected chi connectivity index (χ1v) is 16.8. The standard InChI is InChI=1S/C35H35F3N4O5S/c1-47-35(44)41-34(33(23-7-5-9-26(36)17-23)24-8-6-10-27(37)18-24)32(43)19-25-20-40-22-31(38)30(25)14-13-28-21-39-15-16-42(28)48(45,46)29-11-3-2-4-12-29/h2-12,17-18,20,22,28,33-34,39H,13-16,19,21H2,1H3,(H,41,44)/t28-,34+/m0/s1. The lowest BCUT2D eigenvalue weighted by Gasteiger charge is -2.35. The van der Waals surface area contributed by atoms with Crippen LogP contribution in [0, 0.1) is 17.5 Å². The zero-order chi connectivity index (χ0) is 34.3.